The summed E-state index contributed by atoms with van der Waals surface area (Å²) in [7, 11) is 0. The molecule has 0 heterocycles. The molecule has 1 nitrogen and oxygen atoms in total. The van der Waals surface area contributed by atoms with Crippen LogP contribution in [0.2, 0.25) is 0 Å². The van der Waals surface area contributed by atoms with Crippen LogP contribution >= 0.6 is 0 Å². The van der Waals surface area contributed by atoms with Crippen molar-refractivity contribution in [3.05, 3.63) is 214 Å². The molecule has 1 heteroatoms. The summed E-state index contributed by atoms with van der Waals surface area (Å²) in [4.78, 5) is 0. The van der Waals surface area contributed by atoms with Gasteiger partial charge in [-0.05, 0) is 61.1 Å². The van der Waals surface area contributed by atoms with Crippen molar-refractivity contribution in [2.75, 3.05) is 0 Å². The van der Waals surface area contributed by atoms with Crippen molar-refractivity contribution in [1.82, 2.24) is 0 Å². The second-order valence-electron chi connectivity index (χ2n) is 11.5. The van der Waals surface area contributed by atoms with Crippen LogP contribution in [0.5, 0.6) is 0 Å². The van der Waals surface area contributed by atoms with Gasteiger partial charge in [0.05, 0.1) is 0 Å². The Hall–Kier alpha value is -4.72. The summed E-state index contributed by atoms with van der Waals surface area (Å²) >= 11 is 0. The summed E-state index contributed by atoms with van der Waals surface area (Å²) in [6.07, 6.45) is 0. The lowest BCUT2D eigenvalue weighted by molar-refractivity contribution is 0.125. The van der Waals surface area contributed by atoms with Gasteiger partial charge in [0.25, 0.3) is 0 Å². The minimum Gasteiger partial charge on any atom is -0.376 e. The first-order valence-electron chi connectivity index (χ1n) is 14.9. The van der Waals surface area contributed by atoms with E-state index in [2.05, 4.69) is 99.6 Å². The van der Waals surface area contributed by atoms with Crippen LogP contribution in [-0.4, -0.2) is 5.11 Å². The lowest BCUT2D eigenvalue weighted by Crippen LogP contribution is -2.28. The molecule has 0 spiro atoms. The molecule has 1 N–H and O–H groups in total. The van der Waals surface area contributed by atoms with Crippen LogP contribution in [0.25, 0.3) is 0 Å². The summed E-state index contributed by atoms with van der Waals surface area (Å²) in [5, 5.41) is 11.5. The van der Waals surface area contributed by atoms with Crippen molar-refractivity contribution in [3.63, 3.8) is 0 Å². The van der Waals surface area contributed by atoms with Gasteiger partial charge in [-0.15, -0.1) is 0 Å². The largest absolute Gasteiger partial charge is 0.376 e. The van der Waals surface area contributed by atoms with Crippen LogP contribution in [0, 0.1) is 20.8 Å². The predicted octanol–water partition coefficient (Wildman–Crippen LogP) is 9.94. The number of rotatable bonds is 6. The standard InChI is InChI=1S/C22H22.C20H18O/c1-17-9-13-20(14-10-17)22(3,19-7-5-4-6-8-19)21-15-11-18(2)12-16-21;1-16-12-14-19(15-13-16)20(21,17-8-4-2-5-9-17)18-10-6-3-7-11-18/h4-16H,1-3H3;2-15,21H,1H3. The first kappa shape index (κ1) is 29.8. The first-order chi connectivity index (χ1) is 20.8. The van der Waals surface area contributed by atoms with Crippen molar-refractivity contribution >= 4 is 0 Å². The van der Waals surface area contributed by atoms with Crippen LogP contribution in [0.1, 0.15) is 57.0 Å². The van der Waals surface area contributed by atoms with Gasteiger partial charge in [-0.2, -0.15) is 0 Å². The van der Waals surface area contributed by atoms with E-state index in [9.17, 15) is 5.11 Å². The van der Waals surface area contributed by atoms with Crippen LogP contribution in [0.4, 0.5) is 0 Å². The maximum atomic E-state index is 11.5. The Labute approximate surface area is 257 Å². The Bertz CT molecular complexity index is 1620. The zero-order valence-corrected chi connectivity index (χ0v) is 25.5. The molecule has 6 aromatic carbocycles. The monoisotopic (exact) mass is 560 g/mol. The molecule has 0 aliphatic carbocycles. The fourth-order valence-corrected chi connectivity index (χ4v) is 5.70. The third kappa shape index (κ3) is 6.38. The Balaban J connectivity index is 0.000000171. The topological polar surface area (TPSA) is 20.2 Å². The fourth-order valence-electron chi connectivity index (χ4n) is 5.70. The van der Waals surface area contributed by atoms with Crippen molar-refractivity contribution in [2.24, 2.45) is 0 Å². The van der Waals surface area contributed by atoms with E-state index in [-0.39, 0.29) is 5.41 Å². The molecule has 0 atom stereocenters. The minimum atomic E-state index is -1.13. The lowest BCUT2D eigenvalue weighted by Gasteiger charge is -2.32. The normalized spacial score (nSPS) is 11.4. The second-order valence-corrected chi connectivity index (χ2v) is 11.5. The molecule has 0 radical (unpaired) electrons. The van der Waals surface area contributed by atoms with E-state index in [4.69, 9.17) is 0 Å². The van der Waals surface area contributed by atoms with Gasteiger partial charge in [-0.25, -0.2) is 0 Å². The SMILES string of the molecule is Cc1ccc(C(C)(c2ccccc2)c2ccc(C)cc2)cc1.Cc1ccc(C(O)(c2ccccc2)c2ccccc2)cc1. The number of benzene rings is 6. The molecule has 0 saturated carbocycles. The van der Waals surface area contributed by atoms with Gasteiger partial charge < -0.3 is 5.11 Å². The zero-order valence-electron chi connectivity index (χ0n) is 25.5. The van der Waals surface area contributed by atoms with E-state index < -0.39 is 5.60 Å². The zero-order chi connectivity index (χ0) is 30.3. The van der Waals surface area contributed by atoms with Gasteiger partial charge in [0.1, 0.15) is 5.60 Å². The number of hydrogen-bond donors (Lipinski definition) is 1. The third-order valence-electron chi connectivity index (χ3n) is 8.46. The van der Waals surface area contributed by atoms with Crippen LogP contribution in [-0.2, 0) is 11.0 Å². The summed E-state index contributed by atoms with van der Waals surface area (Å²) in [5.41, 5.74) is 9.11. The van der Waals surface area contributed by atoms with Crippen molar-refractivity contribution < 1.29 is 5.11 Å². The molecule has 0 fully saturated rings. The highest BCUT2D eigenvalue weighted by molar-refractivity contribution is 5.50. The summed E-state index contributed by atoms with van der Waals surface area (Å²) < 4.78 is 0. The average Bonchev–Trinajstić information content (AvgIpc) is 3.06. The molecule has 0 amide bonds. The van der Waals surface area contributed by atoms with Crippen molar-refractivity contribution in [3.8, 4) is 0 Å². The Morgan fingerprint density at radius 2 is 0.558 bits per heavy atom. The highest BCUT2D eigenvalue weighted by atomic mass is 16.3. The number of aryl methyl sites for hydroxylation is 3. The number of hydrogen-bond acceptors (Lipinski definition) is 1. The third-order valence-corrected chi connectivity index (χ3v) is 8.46. The molecule has 6 aromatic rings. The minimum absolute atomic E-state index is 0.136. The van der Waals surface area contributed by atoms with E-state index in [1.807, 2.05) is 91.9 Å². The highest BCUT2D eigenvalue weighted by Crippen LogP contribution is 2.39. The van der Waals surface area contributed by atoms with E-state index in [0.717, 1.165) is 16.7 Å². The van der Waals surface area contributed by atoms with Crippen molar-refractivity contribution in [1.29, 1.82) is 0 Å². The Kier molecular flexibility index (Phi) is 9.04. The second kappa shape index (κ2) is 13.1. The summed E-state index contributed by atoms with van der Waals surface area (Å²) in [6.45, 7) is 8.64. The molecule has 0 aromatic heterocycles. The molecule has 0 saturated heterocycles. The molecular formula is C42H40O. The van der Waals surface area contributed by atoms with Gasteiger partial charge in [0.15, 0.2) is 0 Å². The van der Waals surface area contributed by atoms with E-state index in [0.29, 0.717) is 0 Å². The predicted molar refractivity (Wildman–Crippen MR) is 181 cm³/mol. The first-order valence-corrected chi connectivity index (χ1v) is 14.9. The Morgan fingerprint density at radius 1 is 0.326 bits per heavy atom. The molecule has 214 valence electrons. The van der Waals surface area contributed by atoms with E-state index in [1.165, 1.54) is 33.4 Å². The van der Waals surface area contributed by atoms with Gasteiger partial charge in [-0.3, -0.25) is 0 Å². The smallest absolute Gasteiger partial charge is 0.140 e. The van der Waals surface area contributed by atoms with Gasteiger partial charge in [0, 0.05) is 5.41 Å². The number of aliphatic hydroxyl groups is 1. The molecule has 43 heavy (non-hydrogen) atoms. The average molecular weight is 561 g/mol. The van der Waals surface area contributed by atoms with E-state index >= 15 is 0 Å². The molecular weight excluding hydrogens is 520 g/mol. The quantitative estimate of drug-likeness (QED) is 0.201. The summed E-state index contributed by atoms with van der Waals surface area (Å²) in [5.74, 6) is 0. The van der Waals surface area contributed by atoms with Crippen molar-refractivity contribution in [2.45, 2.75) is 38.7 Å². The van der Waals surface area contributed by atoms with Crippen LogP contribution in [0.3, 0.4) is 0 Å². The van der Waals surface area contributed by atoms with Crippen LogP contribution in [0.15, 0.2) is 164 Å². The highest BCUT2D eigenvalue weighted by Gasteiger charge is 2.33. The lowest BCUT2D eigenvalue weighted by atomic mass is 9.71. The van der Waals surface area contributed by atoms with Gasteiger partial charge in [-0.1, -0.05) is 180 Å². The van der Waals surface area contributed by atoms with E-state index in [1.54, 1.807) is 0 Å². The molecule has 0 aliphatic heterocycles. The molecule has 0 bridgehead atoms. The molecule has 6 rings (SSSR count). The van der Waals surface area contributed by atoms with Gasteiger partial charge >= 0.3 is 0 Å². The molecule has 0 unspecified atom stereocenters. The summed E-state index contributed by atoms with van der Waals surface area (Å²) in [6, 6.07) is 56.2. The molecule has 0 aliphatic rings. The maximum absolute atomic E-state index is 11.5. The fraction of sp³-hybridized carbons (Fsp3) is 0.143. The Morgan fingerprint density at radius 3 is 0.884 bits per heavy atom. The van der Waals surface area contributed by atoms with Gasteiger partial charge in [0.2, 0.25) is 0 Å². The maximum Gasteiger partial charge on any atom is 0.140 e. The van der Waals surface area contributed by atoms with Crippen LogP contribution < -0.4 is 0 Å².